The van der Waals surface area contributed by atoms with Crippen molar-refractivity contribution in [3.63, 3.8) is 0 Å². The molecule has 0 amide bonds. The molecule has 1 aromatic carbocycles. The van der Waals surface area contributed by atoms with Gasteiger partial charge in [-0.25, -0.2) is 9.78 Å². The van der Waals surface area contributed by atoms with Gasteiger partial charge in [0.15, 0.2) is 0 Å². The summed E-state index contributed by atoms with van der Waals surface area (Å²) >= 11 is 0. The third-order valence-electron chi connectivity index (χ3n) is 3.94. The highest BCUT2D eigenvalue weighted by atomic mass is 16.5. The van der Waals surface area contributed by atoms with Gasteiger partial charge in [0.25, 0.3) is 0 Å². The van der Waals surface area contributed by atoms with Crippen molar-refractivity contribution in [2.75, 3.05) is 26.2 Å². The summed E-state index contributed by atoms with van der Waals surface area (Å²) in [6.45, 7) is 6.59. The van der Waals surface area contributed by atoms with E-state index in [9.17, 15) is 4.79 Å². The molecule has 3 rings (SSSR count). The molecule has 0 radical (unpaired) electrons. The van der Waals surface area contributed by atoms with Crippen molar-refractivity contribution in [1.29, 1.82) is 0 Å². The minimum Gasteiger partial charge on any atom is -0.478 e. The number of carboxylic acid groups (broad SMARTS) is 1. The second-order valence-corrected chi connectivity index (χ2v) is 5.29. The number of hydrogen-bond acceptors (Lipinski definition) is 4. The number of benzene rings is 1. The summed E-state index contributed by atoms with van der Waals surface area (Å²) in [5.41, 5.74) is 1.91. The lowest BCUT2D eigenvalue weighted by Gasteiger charge is -2.32. The molecule has 1 unspecified atom stereocenters. The minimum absolute atomic E-state index is 0.148. The van der Waals surface area contributed by atoms with Crippen LogP contribution in [0.5, 0.6) is 0 Å². The molecule has 2 aromatic rings. The molecule has 0 spiro atoms. The zero-order chi connectivity index (χ0) is 14.8. The summed E-state index contributed by atoms with van der Waals surface area (Å²) in [7, 11) is 0. The molecule has 1 atom stereocenters. The zero-order valence-corrected chi connectivity index (χ0v) is 12.0. The minimum atomic E-state index is -0.930. The van der Waals surface area contributed by atoms with Gasteiger partial charge in [0.05, 0.1) is 42.2 Å². The van der Waals surface area contributed by atoms with E-state index in [1.807, 2.05) is 10.6 Å². The quantitative estimate of drug-likeness (QED) is 0.923. The molecule has 1 saturated heterocycles. The zero-order valence-electron chi connectivity index (χ0n) is 12.0. The van der Waals surface area contributed by atoms with Gasteiger partial charge in [0.2, 0.25) is 0 Å². The number of nitrogens with zero attached hydrogens (tertiary/aromatic N) is 3. The van der Waals surface area contributed by atoms with Crippen LogP contribution in [-0.4, -0.2) is 57.9 Å². The molecule has 112 valence electrons. The molecule has 6 heteroatoms. The van der Waals surface area contributed by atoms with E-state index < -0.39 is 5.97 Å². The number of likely N-dealkylation sites (N-methyl/N-ethyl adjacent to an activating group) is 1. The number of imidazole rings is 1. The van der Waals surface area contributed by atoms with Gasteiger partial charge in [-0.1, -0.05) is 6.92 Å². The Bertz CT molecular complexity index is 653. The third kappa shape index (κ3) is 2.91. The Kier molecular flexibility index (Phi) is 3.90. The van der Waals surface area contributed by atoms with Crippen molar-refractivity contribution in [1.82, 2.24) is 14.5 Å². The average molecular weight is 289 g/mol. The molecule has 1 aliphatic heterocycles. The summed E-state index contributed by atoms with van der Waals surface area (Å²) < 4.78 is 7.84. The SMILES string of the molecule is CCN1CCOC(Cn2cnc3cc(C(=O)O)ccc32)C1. The van der Waals surface area contributed by atoms with Crippen molar-refractivity contribution in [3.8, 4) is 0 Å². The van der Waals surface area contributed by atoms with Crippen LogP contribution in [-0.2, 0) is 11.3 Å². The fourth-order valence-corrected chi connectivity index (χ4v) is 2.74. The summed E-state index contributed by atoms with van der Waals surface area (Å²) in [5, 5.41) is 9.01. The first-order chi connectivity index (χ1) is 10.2. The number of ether oxygens (including phenoxy) is 1. The van der Waals surface area contributed by atoms with Crippen LogP contribution in [0.1, 0.15) is 17.3 Å². The highest BCUT2D eigenvalue weighted by molar-refractivity contribution is 5.92. The van der Waals surface area contributed by atoms with Crippen LogP contribution >= 0.6 is 0 Å². The molecular formula is C15H19N3O3. The second kappa shape index (κ2) is 5.83. The van der Waals surface area contributed by atoms with Crippen LogP contribution in [0.25, 0.3) is 11.0 Å². The van der Waals surface area contributed by atoms with Gasteiger partial charge < -0.3 is 14.4 Å². The largest absolute Gasteiger partial charge is 0.478 e. The molecule has 6 nitrogen and oxygen atoms in total. The van der Waals surface area contributed by atoms with E-state index in [0.717, 1.165) is 38.3 Å². The number of morpholine rings is 1. The molecule has 1 fully saturated rings. The van der Waals surface area contributed by atoms with Gasteiger partial charge in [0, 0.05) is 13.1 Å². The molecule has 0 aliphatic carbocycles. The van der Waals surface area contributed by atoms with Crippen LogP contribution in [0, 0.1) is 0 Å². The van der Waals surface area contributed by atoms with Gasteiger partial charge in [-0.05, 0) is 24.7 Å². The summed E-state index contributed by atoms with van der Waals surface area (Å²) in [6, 6.07) is 5.03. The molecule has 1 N–H and O–H groups in total. The lowest BCUT2D eigenvalue weighted by Crippen LogP contribution is -2.43. The average Bonchev–Trinajstić information content (AvgIpc) is 2.90. The fraction of sp³-hybridized carbons (Fsp3) is 0.467. The Morgan fingerprint density at radius 3 is 3.14 bits per heavy atom. The number of rotatable bonds is 4. The van der Waals surface area contributed by atoms with Crippen molar-refractivity contribution in [2.45, 2.75) is 19.6 Å². The topological polar surface area (TPSA) is 67.6 Å². The van der Waals surface area contributed by atoms with Crippen molar-refractivity contribution < 1.29 is 14.6 Å². The Morgan fingerprint density at radius 2 is 2.38 bits per heavy atom. The highest BCUT2D eigenvalue weighted by Crippen LogP contribution is 2.17. The van der Waals surface area contributed by atoms with Gasteiger partial charge in [-0.15, -0.1) is 0 Å². The number of carboxylic acids is 1. The number of fused-ring (bicyclic) bond motifs is 1. The third-order valence-corrected chi connectivity index (χ3v) is 3.94. The van der Waals surface area contributed by atoms with Crippen molar-refractivity contribution in [2.24, 2.45) is 0 Å². The van der Waals surface area contributed by atoms with Crippen molar-refractivity contribution in [3.05, 3.63) is 30.1 Å². The number of aromatic carboxylic acids is 1. The van der Waals surface area contributed by atoms with Gasteiger partial charge in [-0.2, -0.15) is 0 Å². The Morgan fingerprint density at radius 1 is 1.52 bits per heavy atom. The summed E-state index contributed by atoms with van der Waals surface area (Å²) in [4.78, 5) is 17.6. The van der Waals surface area contributed by atoms with Crippen LogP contribution in [0.15, 0.2) is 24.5 Å². The Labute approximate surface area is 122 Å². The maximum Gasteiger partial charge on any atom is 0.335 e. The van der Waals surface area contributed by atoms with E-state index in [4.69, 9.17) is 9.84 Å². The van der Waals surface area contributed by atoms with E-state index in [2.05, 4.69) is 16.8 Å². The van der Waals surface area contributed by atoms with Gasteiger partial charge in [-0.3, -0.25) is 4.90 Å². The molecule has 21 heavy (non-hydrogen) atoms. The standard InChI is InChI=1S/C15H19N3O3/c1-2-17-5-6-21-12(8-17)9-18-10-16-13-7-11(15(19)20)3-4-14(13)18/h3-4,7,10,12H,2,5-6,8-9H2,1H3,(H,19,20). The Balaban J connectivity index is 1.79. The maximum absolute atomic E-state index is 11.0. The molecule has 0 saturated carbocycles. The predicted octanol–water partition coefficient (Wildman–Crippen LogP) is 1.46. The maximum atomic E-state index is 11.0. The van der Waals surface area contributed by atoms with Crippen LogP contribution in [0.2, 0.25) is 0 Å². The van der Waals surface area contributed by atoms with Crippen LogP contribution in [0.3, 0.4) is 0 Å². The van der Waals surface area contributed by atoms with Crippen molar-refractivity contribution >= 4 is 17.0 Å². The first kappa shape index (κ1) is 14.0. The van der Waals surface area contributed by atoms with E-state index >= 15 is 0 Å². The number of aromatic nitrogens is 2. The first-order valence-corrected chi connectivity index (χ1v) is 7.19. The molecule has 2 heterocycles. The molecule has 1 aromatic heterocycles. The van der Waals surface area contributed by atoms with Crippen LogP contribution in [0.4, 0.5) is 0 Å². The fourth-order valence-electron chi connectivity index (χ4n) is 2.74. The van der Waals surface area contributed by atoms with E-state index in [1.54, 1.807) is 18.5 Å². The summed E-state index contributed by atoms with van der Waals surface area (Å²) in [6.07, 6.45) is 1.90. The van der Waals surface area contributed by atoms with E-state index in [1.165, 1.54) is 0 Å². The molecule has 1 aliphatic rings. The highest BCUT2D eigenvalue weighted by Gasteiger charge is 2.20. The monoisotopic (exact) mass is 289 g/mol. The second-order valence-electron chi connectivity index (χ2n) is 5.29. The van der Waals surface area contributed by atoms with Gasteiger partial charge in [0.1, 0.15) is 0 Å². The lowest BCUT2D eigenvalue weighted by atomic mass is 10.2. The van der Waals surface area contributed by atoms with Crippen LogP contribution < -0.4 is 0 Å². The number of hydrogen-bond donors (Lipinski definition) is 1. The first-order valence-electron chi connectivity index (χ1n) is 7.19. The number of carbonyl (C=O) groups is 1. The van der Waals surface area contributed by atoms with E-state index in [0.29, 0.717) is 5.52 Å². The smallest absolute Gasteiger partial charge is 0.335 e. The molecular weight excluding hydrogens is 270 g/mol. The van der Waals surface area contributed by atoms with E-state index in [-0.39, 0.29) is 11.7 Å². The lowest BCUT2D eigenvalue weighted by molar-refractivity contribution is -0.0338. The summed E-state index contributed by atoms with van der Waals surface area (Å²) in [5.74, 6) is -0.930. The normalized spacial score (nSPS) is 20.0. The Hall–Kier alpha value is -1.92. The van der Waals surface area contributed by atoms with Gasteiger partial charge >= 0.3 is 5.97 Å². The predicted molar refractivity (Wildman–Crippen MR) is 78.5 cm³/mol. The molecule has 0 bridgehead atoms.